The van der Waals surface area contributed by atoms with E-state index in [0.717, 1.165) is 0 Å². The van der Waals surface area contributed by atoms with Crippen molar-refractivity contribution in [2.75, 3.05) is 18.1 Å². The van der Waals surface area contributed by atoms with Crippen LogP contribution in [-0.4, -0.2) is 27.4 Å². The average Bonchev–Trinajstić information content (AvgIpc) is 1.99. The van der Waals surface area contributed by atoms with Gasteiger partial charge in [0.05, 0.1) is 6.61 Å². The van der Waals surface area contributed by atoms with Gasteiger partial charge < -0.3 is 10.8 Å². The highest BCUT2D eigenvalue weighted by Crippen LogP contribution is 2.18. The molecule has 3 N–H and O–H groups in total. The number of nitrogen functional groups attached to an aromatic ring is 1. The maximum absolute atomic E-state index is 8.54. The second-order valence-corrected chi connectivity index (χ2v) is 3.46. The summed E-state index contributed by atoms with van der Waals surface area (Å²) in [5.41, 5.74) is 5.35. The Hall–Kier alpha value is -0.520. The minimum absolute atomic E-state index is 0.103. The molecule has 0 amide bonds. The lowest BCUT2D eigenvalue weighted by atomic mass is 10.7. The van der Waals surface area contributed by atoms with Crippen molar-refractivity contribution in [1.29, 1.82) is 0 Å². The molecule has 0 aliphatic rings. The molecule has 0 saturated carbocycles. The molecule has 0 spiro atoms. The van der Waals surface area contributed by atoms with Gasteiger partial charge in [-0.15, -0.1) is 11.8 Å². The Bertz CT molecular complexity index is 251. The lowest BCUT2D eigenvalue weighted by molar-refractivity contribution is 0.322. The number of rotatable bonds is 3. The summed E-state index contributed by atoms with van der Waals surface area (Å²) < 4.78 is 0. The minimum Gasteiger partial charge on any atom is -0.396 e. The maximum atomic E-state index is 8.54. The molecule has 4 nitrogen and oxygen atoms in total. The largest absolute Gasteiger partial charge is 0.396 e. The molecule has 0 bridgehead atoms. The SMILES string of the molecule is Nc1nc(Cl)cc(SCCO)n1. The molecule has 1 heterocycles. The van der Waals surface area contributed by atoms with Gasteiger partial charge in [0.2, 0.25) is 5.95 Å². The van der Waals surface area contributed by atoms with E-state index in [4.69, 9.17) is 22.4 Å². The number of anilines is 1. The Morgan fingerprint density at radius 1 is 1.58 bits per heavy atom. The summed E-state index contributed by atoms with van der Waals surface area (Å²) in [7, 11) is 0. The zero-order chi connectivity index (χ0) is 8.97. The predicted octanol–water partition coefficient (Wildman–Crippen LogP) is 0.797. The molecule has 12 heavy (non-hydrogen) atoms. The van der Waals surface area contributed by atoms with Crippen LogP contribution in [0, 0.1) is 0 Å². The number of nitrogens with two attached hydrogens (primary N) is 1. The fourth-order valence-corrected chi connectivity index (χ4v) is 1.55. The molecular formula is C6H8ClN3OS. The number of aromatic nitrogens is 2. The molecule has 6 heteroatoms. The first-order valence-electron chi connectivity index (χ1n) is 3.26. The average molecular weight is 206 g/mol. The van der Waals surface area contributed by atoms with Crippen LogP contribution in [0.25, 0.3) is 0 Å². The van der Waals surface area contributed by atoms with E-state index >= 15 is 0 Å². The van der Waals surface area contributed by atoms with Crippen molar-refractivity contribution in [2.45, 2.75) is 5.03 Å². The van der Waals surface area contributed by atoms with Crippen LogP contribution in [0.4, 0.5) is 5.95 Å². The van der Waals surface area contributed by atoms with E-state index in [2.05, 4.69) is 9.97 Å². The van der Waals surface area contributed by atoms with Gasteiger partial charge in [-0.1, -0.05) is 11.6 Å². The standard InChI is InChI=1S/C6H8ClN3OS/c7-4-3-5(12-2-1-11)10-6(8)9-4/h3,11H,1-2H2,(H2,8,9,10). The van der Waals surface area contributed by atoms with E-state index in [-0.39, 0.29) is 12.6 Å². The molecule has 0 saturated heterocycles. The van der Waals surface area contributed by atoms with Crippen LogP contribution >= 0.6 is 23.4 Å². The first-order chi connectivity index (χ1) is 5.72. The van der Waals surface area contributed by atoms with Gasteiger partial charge in [0, 0.05) is 11.8 Å². The first kappa shape index (κ1) is 9.57. The Morgan fingerprint density at radius 3 is 2.92 bits per heavy atom. The van der Waals surface area contributed by atoms with E-state index < -0.39 is 0 Å². The number of thioether (sulfide) groups is 1. The van der Waals surface area contributed by atoms with E-state index in [9.17, 15) is 0 Å². The summed E-state index contributed by atoms with van der Waals surface area (Å²) in [6.45, 7) is 0.103. The van der Waals surface area contributed by atoms with Crippen LogP contribution in [0.5, 0.6) is 0 Å². The topological polar surface area (TPSA) is 72.0 Å². The number of aliphatic hydroxyl groups excluding tert-OH is 1. The number of halogens is 1. The van der Waals surface area contributed by atoms with Gasteiger partial charge in [-0.3, -0.25) is 0 Å². The van der Waals surface area contributed by atoms with Crippen LogP contribution < -0.4 is 5.73 Å². The molecule has 1 aromatic rings. The Balaban J connectivity index is 2.72. The summed E-state index contributed by atoms with van der Waals surface area (Å²) in [4.78, 5) is 7.60. The van der Waals surface area contributed by atoms with Crippen molar-refractivity contribution in [2.24, 2.45) is 0 Å². The zero-order valence-electron chi connectivity index (χ0n) is 6.20. The highest BCUT2D eigenvalue weighted by Gasteiger charge is 1.99. The van der Waals surface area contributed by atoms with Crippen LogP contribution in [0.15, 0.2) is 11.1 Å². The maximum Gasteiger partial charge on any atom is 0.222 e. The van der Waals surface area contributed by atoms with Gasteiger partial charge in [-0.2, -0.15) is 0 Å². The number of nitrogens with zero attached hydrogens (tertiary/aromatic N) is 2. The number of hydrogen-bond donors (Lipinski definition) is 2. The van der Waals surface area contributed by atoms with Crippen molar-refractivity contribution in [3.63, 3.8) is 0 Å². The molecule has 0 aliphatic carbocycles. The second-order valence-electron chi connectivity index (χ2n) is 1.96. The van der Waals surface area contributed by atoms with Crippen LogP contribution in [0.1, 0.15) is 0 Å². The Kier molecular flexibility index (Phi) is 3.58. The normalized spacial score (nSPS) is 10.2. The third-order valence-corrected chi connectivity index (χ3v) is 2.12. The lowest BCUT2D eigenvalue weighted by Gasteiger charge is -1.99. The smallest absolute Gasteiger partial charge is 0.222 e. The molecule has 0 aliphatic heterocycles. The molecule has 1 rings (SSSR count). The third kappa shape index (κ3) is 2.84. The summed E-state index contributed by atoms with van der Waals surface area (Å²) in [5.74, 6) is 0.732. The van der Waals surface area contributed by atoms with Crippen molar-refractivity contribution in [1.82, 2.24) is 9.97 Å². The first-order valence-corrected chi connectivity index (χ1v) is 4.62. The van der Waals surface area contributed by atoms with Gasteiger partial charge in [0.25, 0.3) is 0 Å². The summed E-state index contributed by atoms with van der Waals surface area (Å²) in [5, 5.41) is 9.54. The Morgan fingerprint density at radius 2 is 2.33 bits per heavy atom. The van der Waals surface area contributed by atoms with Gasteiger partial charge >= 0.3 is 0 Å². The van der Waals surface area contributed by atoms with Crippen LogP contribution in [0.3, 0.4) is 0 Å². The lowest BCUT2D eigenvalue weighted by Crippen LogP contribution is -1.96. The fraction of sp³-hybridized carbons (Fsp3) is 0.333. The molecule has 0 fully saturated rings. The Labute approximate surface area is 79.2 Å². The number of hydrogen-bond acceptors (Lipinski definition) is 5. The molecule has 0 unspecified atom stereocenters. The highest BCUT2D eigenvalue weighted by atomic mass is 35.5. The minimum atomic E-state index is 0.103. The van der Waals surface area contributed by atoms with Gasteiger partial charge in [-0.25, -0.2) is 9.97 Å². The van der Waals surface area contributed by atoms with Crippen LogP contribution in [-0.2, 0) is 0 Å². The van der Waals surface area contributed by atoms with Gasteiger partial charge in [0.1, 0.15) is 10.2 Å². The quantitative estimate of drug-likeness (QED) is 0.564. The molecule has 1 aromatic heterocycles. The van der Waals surface area contributed by atoms with Gasteiger partial charge in [-0.05, 0) is 0 Å². The fourth-order valence-electron chi connectivity index (χ4n) is 0.638. The van der Waals surface area contributed by atoms with Crippen molar-refractivity contribution < 1.29 is 5.11 Å². The molecule has 66 valence electrons. The molecular weight excluding hydrogens is 198 g/mol. The molecule has 0 aromatic carbocycles. The summed E-state index contributed by atoms with van der Waals surface area (Å²) in [6.07, 6.45) is 0. The predicted molar refractivity (Wildman–Crippen MR) is 49.3 cm³/mol. The van der Waals surface area contributed by atoms with E-state index in [1.807, 2.05) is 0 Å². The van der Waals surface area contributed by atoms with Crippen molar-refractivity contribution in [3.05, 3.63) is 11.2 Å². The second kappa shape index (κ2) is 4.49. The highest BCUT2D eigenvalue weighted by molar-refractivity contribution is 7.99. The number of aliphatic hydroxyl groups is 1. The van der Waals surface area contributed by atoms with E-state index in [1.54, 1.807) is 6.07 Å². The third-order valence-electron chi connectivity index (χ3n) is 1.03. The van der Waals surface area contributed by atoms with Crippen molar-refractivity contribution >= 4 is 29.3 Å². The van der Waals surface area contributed by atoms with Crippen LogP contribution in [0.2, 0.25) is 5.15 Å². The molecule has 0 radical (unpaired) electrons. The van der Waals surface area contributed by atoms with Gasteiger partial charge in [0.15, 0.2) is 0 Å². The summed E-state index contributed by atoms with van der Waals surface area (Å²) in [6, 6.07) is 1.61. The zero-order valence-corrected chi connectivity index (χ0v) is 7.77. The monoisotopic (exact) mass is 205 g/mol. The van der Waals surface area contributed by atoms with E-state index in [1.165, 1.54) is 11.8 Å². The van der Waals surface area contributed by atoms with E-state index in [0.29, 0.717) is 15.9 Å². The summed E-state index contributed by atoms with van der Waals surface area (Å²) >= 11 is 7.01. The molecule has 0 atom stereocenters. The van der Waals surface area contributed by atoms with Crippen molar-refractivity contribution in [3.8, 4) is 0 Å².